The molecule has 0 unspecified atom stereocenters. The Kier molecular flexibility index (Phi) is 4.57. The molecular formula is C20H20N2O. The van der Waals surface area contributed by atoms with Crippen LogP contribution in [-0.4, -0.2) is 19.0 Å². The van der Waals surface area contributed by atoms with Gasteiger partial charge in [-0.3, -0.25) is 4.79 Å². The molecule has 0 bridgehead atoms. The largest absolute Gasteiger partial charge is 0.383 e. The summed E-state index contributed by atoms with van der Waals surface area (Å²) < 4.78 is 0. The summed E-state index contributed by atoms with van der Waals surface area (Å²) in [5.74, 6) is -0.0252. The van der Waals surface area contributed by atoms with E-state index in [4.69, 9.17) is 0 Å². The van der Waals surface area contributed by atoms with Gasteiger partial charge in [-0.25, -0.2) is 0 Å². The van der Waals surface area contributed by atoms with Crippen LogP contribution < -0.4 is 10.6 Å². The number of fused-ring (bicyclic) bond motifs is 1. The maximum Gasteiger partial charge on any atom is 0.251 e. The van der Waals surface area contributed by atoms with Gasteiger partial charge in [0.25, 0.3) is 5.91 Å². The van der Waals surface area contributed by atoms with Crippen molar-refractivity contribution in [3.63, 3.8) is 0 Å². The van der Waals surface area contributed by atoms with E-state index in [2.05, 4.69) is 34.9 Å². The molecule has 3 rings (SSSR count). The van der Waals surface area contributed by atoms with Crippen LogP contribution in [0.4, 0.5) is 5.69 Å². The Morgan fingerprint density at radius 2 is 1.61 bits per heavy atom. The highest BCUT2D eigenvalue weighted by Crippen LogP contribution is 2.22. The van der Waals surface area contributed by atoms with Crippen LogP contribution in [0.3, 0.4) is 0 Å². The molecule has 0 radical (unpaired) electrons. The summed E-state index contributed by atoms with van der Waals surface area (Å²) in [6.07, 6.45) is 0. The first kappa shape index (κ1) is 15.1. The molecule has 0 saturated heterocycles. The summed E-state index contributed by atoms with van der Waals surface area (Å²) in [7, 11) is 0. The van der Waals surface area contributed by atoms with Gasteiger partial charge in [0, 0.05) is 29.7 Å². The fourth-order valence-electron chi connectivity index (χ4n) is 2.68. The number of rotatable bonds is 5. The number of anilines is 1. The summed E-state index contributed by atoms with van der Waals surface area (Å²) in [6.45, 7) is 3.21. The molecule has 0 aliphatic carbocycles. The standard InChI is InChI=1S/C20H20N2O/c1-15-7-2-4-10-17(15)20(23)22-14-13-21-19-12-6-9-16-8-3-5-11-18(16)19/h2-12,21H,13-14H2,1H3,(H,22,23). The second kappa shape index (κ2) is 6.97. The molecule has 0 spiro atoms. The van der Waals surface area contributed by atoms with Crippen LogP contribution in [0.1, 0.15) is 15.9 Å². The number of amides is 1. The molecule has 0 fully saturated rings. The van der Waals surface area contributed by atoms with E-state index in [1.54, 1.807) is 0 Å². The first-order valence-corrected chi connectivity index (χ1v) is 7.81. The van der Waals surface area contributed by atoms with Crippen LogP contribution in [0.2, 0.25) is 0 Å². The molecule has 0 saturated carbocycles. The van der Waals surface area contributed by atoms with E-state index in [0.717, 1.165) is 16.8 Å². The van der Waals surface area contributed by atoms with Crippen molar-refractivity contribution >= 4 is 22.4 Å². The van der Waals surface area contributed by atoms with E-state index in [1.807, 2.05) is 49.4 Å². The maximum absolute atomic E-state index is 12.2. The smallest absolute Gasteiger partial charge is 0.251 e. The Labute approximate surface area is 136 Å². The maximum atomic E-state index is 12.2. The van der Waals surface area contributed by atoms with Gasteiger partial charge in [-0.15, -0.1) is 0 Å². The zero-order valence-corrected chi connectivity index (χ0v) is 13.2. The van der Waals surface area contributed by atoms with E-state index >= 15 is 0 Å². The predicted octanol–water partition coefficient (Wildman–Crippen LogP) is 3.99. The summed E-state index contributed by atoms with van der Waals surface area (Å²) in [6, 6.07) is 22.1. The van der Waals surface area contributed by atoms with Gasteiger partial charge >= 0.3 is 0 Å². The Bertz CT molecular complexity index is 821. The van der Waals surface area contributed by atoms with Crippen LogP contribution in [-0.2, 0) is 0 Å². The van der Waals surface area contributed by atoms with E-state index < -0.39 is 0 Å². The minimum atomic E-state index is -0.0252. The highest BCUT2D eigenvalue weighted by molar-refractivity contribution is 5.96. The van der Waals surface area contributed by atoms with Gasteiger partial charge in [-0.05, 0) is 30.0 Å². The Morgan fingerprint density at radius 1 is 0.870 bits per heavy atom. The zero-order chi connectivity index (χ0) is 16.1. The number of carbonyl (C=O) groups is 1. The SMILES string of the molecule is Cc1ccccc1C(=O)NCCNc1cccc2ccccc12. The molecule has 2 N–H and O–H groups in total. The second-order valence-electron chi connectivity index (χ2n) is 5.52. The third-order valence-corrected chi connectivity index (χ3v) is 3.91. The third-order valence-electron chi connectivity index (χ3n) is 3.91. The average molecular weight is 304 g/mol. The lowest BCUT2D eigenvalue weighted by atomic mass is 10.1. The van der Waals surface area contributed by atoms with Gasteiger partial charge in [0.15, 0.2) is 0 Å². The molecule has 23 heavy (non-hydrogen) atoms. The fraction of sp³-hybridized carbons (Fsp3) is 0.150. The molecular weight excluding hydrogens is 284 g/mol. The molecule has 116 valence electrons. The zero-order valence-electron chi connectivity index (χ0n) is 13.2. The van der Waals surface area contributed by atoms with Gasteiger partial charge in [-0.1, -0.05) is 54.6 Å². The third kappa shape index (κ3) is 3.51. The average Bonchev–Trinajstić information content (AvgIpc) is 2.59. The van der Waals surface area contributed by atoms with Crippen LogP contribution >= 0.6 is 0 Å². The van der Waals surface area contributed by atoms with Crippen molar-refractivity contribution in [1.82, 2.24) is 5.32 Å². The van der Waals surface area contributed by atoms with Crippen molar-refractivity contribution in [2.24, 2.45) is 0 Å². The summed E-state index contributed by atoms with van der Waals surface area (Å²) in [5, 5.41) is 8.76. The molecule has 0 heterocycles. The monoisotopic (exact) mass is 304 g/mol. The lowest BCUT2D eigenvalue weighted by molar-refractivity contribution is 0.0954. The molecule has 3 heteroatoms. The van der Waals surface area contributed by atoms with Crippen LogP contribution in [0.5, 0.6) is 0 Å². The first-order valence-electron chi connectivity index (χ1n) is 7.81. The van der Waals surface area contributed by atoms with Gasteiger partial charge < -0.3 is 10.6 Å². The van der Waals surface area contributed by atoms with E-state index in [9.17, 15) is 4.79 Å². The summed E-state index contributed by atoms with van der Waals surface area (Å²) in [4.78, 5) is 12.2. The lowest BCUT2D eigenvalue weighted by Crippen LogP contribution is -2.29. The molecule has 3 nitrogen and oxygen atoms in total. The summed E-state index contributed by atoms with van der Waals surface area (Å²) in [5.41, 5.74) is 2.82. The van der Waals surface area contributed by atoms with Crippen molar-refractivity contribution in [2.45, 2.75) is 6.92 Å². The van der Waals surface area contributed by atoms with Crippen molar-refractivity contribution < 1.29 is 4.79 Å². The van der Waals surface area contributed by atoms with E-state index in [-0.39, 0.29) is 5.91 Å². The highest BCUT2D eigenvalue weighted by Gasteiger charge is 2.07. The number of hydrogen-bond acceptors (Lipinski definition) is 2. The normalized spacial score (nSPS) is 10.5. The van der Waals surface area contributed by atoms with Gasteiger partial charge in [-0.2, -0.15) is 0 Å². The van der Waals surface area contributed by atoms with Gasteiger partial charge in [0.05, 0.1) is 0 Å². The topological polar surface area (TPSA) is 41.1 Å². The molecule has 3 aromatic carbocycles. The van der Waals surface area contributed by atoms with E-state index in [1.165, 1.54) is 10.8 Å². The Hall–Kier alpha value is -2.81. The molecule has 0 atom stereocenters. The summed E-state index contributed by atoms with van der Waals surface area (Å²) >= 11 is 0. The predicted molar refractivity (Wildman–Crippen MR) is 95.9 cm³/mol. The van der Waals surface area contributed by atoms with Gasteiger partial charge in [0.1, 0.15) is 0 Å². The quantitative estimate of drug-likeness (QED) is 0.700. The van der Waals surface area contributed by atoms with Gasteiger partial charge in [0.2, 0.25) is 0 Å². The molecule has 0 aromatic heterocycles. The second-order valence-corrected chi connectivity index (χ2v) is 5.52. The fourth-order valence-corrected chi connectivity index (χ4v) is 2.68. The van der Waals surface area contributed by atoms with Crippen LogP contribution in [0.25, 0.3) is 10.8 Å². The number of hydrogen-bond donors (Lipinski definition) is 2. The number of benzene rings is 3. The Balaban J connectivity index is 1.57. The molecule has 3 aromatic rings. The molecule has 0 aliphatic heterocycles. The van der Waals surface area contributed by atoms with Crippen molar-refractivity contribution in [2.75, 3.05) is 18.4 Å². The van der Waals surface area contributed by atoms with Crippen LogP contribution in [0.15, 0.2) is 66.7 Å². The highest BCUT2D eigenvalue weighted by atomic mass is 16.1. The Morgan fingerprint density at radius 3 is 2.48 bits per heavy atom. The van der Waals surface area contributed by atoms with Crippen molar-refractivity contribution in [3.05, 3.63) is 77.9 Å². The number of carbonyl (C=O) groups excluding carboxylic acids is 1. The van der Waals surface area contributed by atoms with Crippen molar-refractivity contribution in [1.29, 1.82) is 0 Å². The van der Waals surface area contributed by atoms with Crippen LogP contribution in [0, 0.1) is 6.92 Å². The molecule has 0 aliphatic rings. The number of aryl methyl sites for hydroxylation is 1. The van der Waals surface area contributed by atoms with Crippen molar-refractivity contribution in [3.8, 4) is 0 Å². The lowest BCUT2D eigenvalue weighted by Gasteiger charge is -2.11. The minimum Gasteiger partial charge on any atom is -0.383 e. The number of nitrogens with one attached hydrogen (secondary N) is 2. The minimum absolute atomic E-state index is 0.0252. The molecule has 1 amide bonds. The van der Waals surface area contributed by atoms with E-state index in [0.29, 0.717) is 13.1 Å². The first-order chi connectivity index (χ1) is 11.3.